The standard InChI is InChI=1S/C21H22N6O3S/c1-13-6-17(15-9-23-27(11-15)31(3,29)30)25-20(7-13)26-12-21(4-5-21)16-10-22-19(8-18(16)26)24-14(2)28/h6-11H,4-5,12H2,1-3H3,(H,22,24,28). The minimum Gasteiger partial charge on any atom is -0.325 e. The van der Waals surface area contributed by atoms with Crippen molar-refractivity contribution in [2.24, 2.45) is 0 Å². The summed E-state index contributed by atoms with van der Waals surface area (Å²) in [6, 6.07) is 5.82. The summed E-state index contributed by atoms with van der Waals surface area (Å²) in [6.07, 6.45) is 8.14. The average Bonchev–Trinajstić information content (AvgIpc) is 3.15. The van der Waals surface area contributed by atoms with Crippen LogP contribution < -0.4 is 10.2 Å². The number of amides is 1. The first-order chi connectivity index (χ1) is 14.6. The van der Waals surface area contributed by atoms with E-state index >= 15 is 0 Å². The van der Waals surface area contributed by atoms with E-state index < -0.39 is 10.0 Å². The van der Waals surface area contributed by atoms with Gasteiger partial charge in [-0.15, -0.1) is 0 Å². The number of hydrogen-bond donors (Lipinski definition) is 1. The molecule has 0 atom stereocenters. The molecule has 2 aliphatic rings. The van der Waals surface area contributed by atoms with Crippen molar-refractivity contribution in [3.8, 4) is 11.3 Å². The van der Waals surface area contributed by atoms with E-state index in [1.807, 2.05) is 31.3 Å². The van der Waals surface area contributed by atoms with Gasteiger partial charge in [0, 0.05) is 42.3 Å². The van der Waals surface area contributed by atoms with Crippen molar-refractivity contribution >= 4 is 33.3 Å². The molecule has 10 heteroatoms. The molecule has 0 saturated heterocycles. The Morgan fingerprint density at radius 3 is 2.61 bits per heavy atom. The minimum atomic E-state index is -3.46. The number of hydrogen-bond acceptors (Lipinski definition) is 7. The Labute approximate surface area is 180 Å². The molecule has 1 fully saturated rings. The second-order valence-corrected chi connectivity index (χ2v) is 10.2. The Kier molecular flexibility index (Phi) is 4.20. The maximum atomic E-state index is 11.8. The highest BCUT2D eigenvalue weighted by Gasteiger charge is 2.52. The van der Waals surface area contributed by atoms with E-state index in [4.69, 9.17) is 4.98 Å². The number of fused-ring (bicyclic) bond motifs is 2. The van der Waals surface area contributed by atoms with E-state index in [0.717, 1.165) is 46.8 Å². The van der Waals surface area contributed by atoms with Crippen molar-refractivity contribution in [1.82, 2.24) is 19.2 Å². The van der Waals surface area contributed by atoms with Crippen molar-refractivity contribution in [3.63, 3.8) is 0 Å². The van der Waals surface area contributed by atoms with Crippen LogP contribution in [0.2, 0.25) is 0 Å². The number of rotatable bonds is 4. The number of carbonyl (C=O) groups excluding carboxylic acids is 1. The molecule has 1 spiro atoms. The fourth-order valence-corrected chi connectivity index (χ4v) is 4.66. The topological polar surface area (TPSA) is 110 Å². The van der Waals surface area contributed by atoms with Crippen LogP contribution in [0.1, 0.15) is 30.9 Å². The Morgan fingerprint density at radius 1 is 1.19 bits per heavy atom. The molecule has 31 heavy (non-hydrogen) atoms. The monoisotopic (exact) mass is 438 g/mol. The van der Waals surface area contributed by atoms with Crippen molar-refractivity contribution in [1.29, 1.82) is 0 Å². The third-order valence-corrected chi connectivity index (χ3v) is 6.67. The van der Waals surface area contributed by atoms with Gasteiger partial charge < -0.3 is 10.2 Å². The molecule has 3 aromatic heterocycles. The van der Waals surface area contributed by atoms with Crippen molar-refractivity contribution in [2.75, 3.05) is 23.0 Å². The molecular weight excluding hydrogens is 416 g/mol. The van der Waals surface area contributed by atoms with Crippen LogP contribution in [0, 0.1) is 6.92 Å². The van der Waals surface area contributed by atoms with Gasteiger partial charge in [-0.2, -0.15) is 9.19 Å². The fourth-order valence-electron chi connectivity index (χ4n) is 4.13. The third kappa shape index (κ3) is 3.46. The highest BCUT2D eigenvalue weighted by Crippen LogP contribution is 2.58. The highest BCUT2D eigenvalue weighted by atomic mass is 32.2. The molecule has 5 rings (SSSR count). The number of aromatic nitrogens is 4. The summed E-state index contributed by atoms with van der Waals surface area (Å²) in [5.74, 6) is 1.11. The molecule has 0 unspecified atom stereocenters. The second kappa shape index (κ2) is 6.61. The quantitative estimate of drug-likeness (QED) is 0.667. The molecular formula is C21H22N6O3S. The normalized spacial score (nSPS) is 16.4. The van der Waals surface area contributed by atoms with Crippen LogP contribution in [0.25, 0.3) is 11.3 Å². The van der Waals surface area contributed by atoms with Gasteiger partial charge in [0.25, 0.3) is 10.0 Å². The maximum Gasteiger partial charge on any atom is 0.250 e. The second-order valence-electron chi connectivity index (χ2n) is 8.39. The Hall–Kier alpha value is -3.27. The van der Waals surface area contributed by atoms with E-state index in [0.29, 0.717) is 17.1 Å². The van der Waals surface area contributed by atoms with Crippen LogP contribution in [0.5, 0.6) is 0 Å². The van der Waals surface area contributed by atoms with Gasteiger partial charge in [-0.1, -0.05) is 0 Å². The minimum absolute atomic E-state index is 0.0872. The fraction of sp³-hybridized carbons (Fsp3) is 0.333. The molecule has 1 aliphatic carbocycles. The van der Waals surface area contributed by atoms with Crippen LogP contribution >= 0.6 is 0 Å². The third-order valence-electron chi connectivity index (χ3n) is 5.79. The zero-order valence-corrected chi connectivity index (χ0v) is 18.3. The number of nitrogens with one attached hydrogen (secondary N) is 1. The first-order valence-electron chi connectivity index (χ1n) is 9.95. The van der Waals surface area contributed by atoms with Crippen LogP contribution in [0.15, 0.2) is 36.8 Å². The lowest BCUT2D eigenvalue weighted by molar-refractivity contribution is -0.114. The van der Waals surface area contributed by atoms with E-state index in [1.165, 1.54) is 24.9 Å². The summed E-state index contributed by atoms with van der Waals surface area (Å²) in [4.78, 5) is 22.9. The first kappa shape index (κ1) is 19.7. The molecule has 9 nitrogen and oxygen atoms in total. The Bertz CT molecular complexity index is 1330. The van der Waals surface area contributed by atoms with Crippen molar-refractivity contribution < 1.29 is 13.2 Å². The summed E-state index contributed by atoms with van der Waals surface area (Å²) < 4.78 is 24.5. The van der Waals surface area contributed by atoms with E-state index in [-0.39, 0.29) is 11.3 Å². The molecule has 0 aromatic carbocycles. The molecule has 3 aromatic rings. The van der Waals surface area contributed by atoms with Gasteiger partial charge in [-0.25, -0.2) is 18.4 Å². The van der Waals surface area contributed by atoms with E-state index in [1.54, 1.807) is 0 Å². The number of anilines is 3. The van der Waals surface area contributed by atoms with Crippen LogP contribution in [0.3, 0.4) is 0 Å². The molecule has 0 bridgehead atoms. The molecule has 0 radical (unpaired) electrons. The van der Waals surface area contributed by atoms with E-state index in [2.05, 4.69) is 20.3 Å². The lowest BCUT2D eigenvalue weighted by atomic mass is 10.0. The van der Waals surface area contributed by atoms with Gasteiger partial charge in [-0.3, -0.25) is 4.79 Å². The SMILES string of the molecule is CC(=O)Nc1cc2c(cn1)C1(CC1)CN2c1cc(C)cc(-c2cnn(S(C)(=O)=O)c2)n1. The lowest BCUT2D eigenvalue weighted by Crippen LogP contribution is -2.20. The largest absolute Gasteiger partial charge is 0.325 e. The maximum absolute atomic E-state index is 11.8. The number of aryl methyl sites for hydroxylation is 1. The van der Waals surface area contributed by atoms with Crippen LogP contribution in [-0.4, -0.2) is 46.3 Å². The van der Waals surface area contributed by atoms with Gasteiger partial charge in [-0.05, 0) is 37.5 Å². The Balaban J connectivity index is 1.57. The first-order valence-corrected chi connectivity index (χ1v) is 11.8. The summed E-state index contributed by atoms with van der Waals surface area (Å²) in [5, 5.41) is 6.71. The molecule has 1 amide bonds. The van der Waals surface area contributed by atoms with Crippen molar-refractivity contribution in [3.05, 3.63) is 47.9 Å². The lowest BCUT2D eigenvalue weighted by Gasteiger charge is -2.20. The van der Waals surface area contributed by atoms with E-state index in [9.17, 15) is 13.2 Å². The predicted molar refractivity (Wildman–Crippen MR) is 117 cm³/mol. The number of carbonyl (C=O) groups is 1. The molecule has 1 saturated carbocycles. The van der Waals surface area contributed by atoms with Gasteiger partial charge in [0.05, 0.1) is 30.0 Å². The molecule has 1 N–H and O–H groups in total. The summed E-state index contributed by atoms with van der Waals surface area (Å²) in [5.41, 5.74) is 4.54. The zero-order chi connectivity index (χ0) is 22.0. The molecule has 1 aliphatic heterocycles. The van der Waals surface area contributed by atoms with Gasteiger partial charge >= 0.3 is 0 Å². The average molecular weight is 439 g/mol. The summed E-state index contributed by atoms with van der Waals surface area (Å²) in [6.45, 7) is 4.24. The number of pyridine rings is 2. The molecule has 4 heterocycles. The van der Waals surface area contributed by atoms with Crippen LogP contribution in [0.4, 0.5) is 17.3 Å². The van der Waals surface area contributed by atoms with Crippen molar-refractivity contribution in [2.45, 2.75) is 32.1 Å². The van der Waals surface area contributed by atoms with Gasteiger partial charge in [0.2, 0.25) is 5.91 Å². The highest BCUT2D eigenvalue weighted by molar-refractivity contribution is 7.89. The summed E-state index contributed by atoms with van der Waals surface area (Å²) in [7, 11) is -3.46. The van der Waals surface area contributed by atoms with Crippen LogP contribution in [-0.2, 0) is 20.2 Å². The van der Waals surface area contributed by atoms with Gasteiger partial charge in [0.15, 0.2) is 0 Å². The zero-order valence-electron chi connectivity index (χ0n) is 17.5. The summed E-state index contributed by atoms with van der Waals surface area (Å²) >= 11 is 0. The predicted octanol–water partition coefficient (Wildman–Crippen LogP) is 2.60. The molecule has 160 valence electrons. The number of nitrogens with zero attached hydrogens (tertiary/aromatic N) is 5. The Morgan fingerprint density at radius 2 is 1.97 bits per heavy atom. The smallest absolute Gasteiger partial charge is 0.250 e. The van der Waals surface area contributed by atoms with Gasteiger partial charge in [0.1, 0.15) is 11.6 Å².